The number of hydrogen-bond acceptors (Lipinski definition) is 4. The largest absolute Gasteiger partial charge is 0.330 e. The van der Waals surface area contributed by atoms with Crippen molar-refractivity contribution in [2.45, 2.75) is 31.7 Å². The number of aromatic nitrogens is 2. The van der Waals surface area contributed by atoms with Gasteiger partial charge in [0.15, 0.2) is 0 Å². The lowest BCUT2D eigenvalue weighted by Gasteiger charge is -2.14. The van der Waals surface area contributed by atoms with Gasteiger partial charge in [0.25, 0.3) is 0 Å². The average molecular weight is 286 g/mol. The molecule has 2 N–H and O–H groups in total. The normalized spacial score (nSPS) is 25.0. The molecule has 2 atom stereocenters. The van der Waals surface area contributed by atoms with Gasteiger partial charge in [-0.2, -0.15) is 9.40 Å². The third-order valence-corrected chi connectivity index (χ3v) is 5.58. The van der Waals surface area contributed by atoms with Crippen LogP contribution in [0.25, 0.3) is 0 Å². The predicted molar refractivity (Wildman–Crippen MR) is 73.0 cm³/mol. The highest BCUT2D eigenvalue weighted by molar-refractivity contribution is 7.89. The zero-order chi connectivity index (χ0) is 14.0. The van der Waals surface area contributed by atoms with E-state index in [1.54, 1.807) is 15.2 Å². The first-order valence-corrected chi connectivity index (χ1v) is 8.12. The second kappa shape index (κ2) is 5.60. The van der Waals surface area contributed by atoms with Crippen LogP contribution in [0.3, 0.4) is 0 Å². The third-order valence-electron chi connectivity index (χ3n) is 3.79. The van der Waals surface area contributed by atoms with Gasteiger partial charge in [0, 0.05) is 25.8 Å². The van der Waals surface area contributed by atoms with Crippen LogP contribution in [-0.4, -0.2) is 42.1 Å². The van der Waals surface area contributed by atoms with Crippen LogP contribution in [0.2, 0.25) is 0 Å². The lowest BCUT2D eigenvalue weighted by Crippen LogP contribution is -2.28. The van der Waals surface area contributed by atoms with Gasteiger partial charge in [-0.25, -0.2) is 8.42 Å². The Bertz CT molecular complexity index is 516. The fraction of sp³-hybridized carbons (Fsp3) is 0.750. The molecule has 6 nitrogen and oxygen atoms in total. The SMILES string of the molecule is CC1CN(S(=O)(=O)c2cnn(CCCN)c2)CC1C. The quantitative estimate of drug-likeness (QED) is 0.855. The molecule has 1 fully saturated rings. The highest BCUT2D eigenvalue weighted by Crippen LogP contribution is 2.27. The van der Waals surface area contributed by atoms with Crippen molar-refractivity contribution in [1.82, 2.24) is 14.1 Å². The van der Waals surface area contributed by atoms with Gasteiger partial charge in [-0.3, -0.25) is 4.68 Å². The van der Waals surface area contributed by atoms with E-state index < -0.39 is 10.0 Å². The summed E-state index contributed by atoms with van der Waals surface area (Å²) in [7, 11) is -3.39. The van der Waals surface area contributed by atoms with E-state index in [2.05, 4.69) is 18.9 Å². The maximum Gasteiger partial charge on any atom is 0.246 e. The number of nitrogens with zero attached hydrogens (tertiary/aromatic N) is 3. The van der Waals surface area contributed by atoms with E-state index in [1.165, 1.54) is 6.20 Å². The highest BCUT2D eigenvalue weighted by Gasteiger charge is 2.35. The van der Waals surface area contributed by atoms with Gasteiger partial charge < -0.3 is 5.73 Å². The predicted octanol–water partition coefficient (Wildman–Crippen LogP) is 0.508. The Morgan fingerprint density at radius 1 is 1.37 bits per heavy atom. The molecule has 2 unspecified atom stereocenters. The van der Waals surface area contributed by atoms with Crippen LogP contribution in [0.4, 0.5) is 0 Å². The van der Waals surface area contributed by atoms with Crippen LogP contribution in [0.5, 0.6) is 0 Å². The number of hydrogen-bond donors (Lipinski definition) is 1. The molecule has 1 aliphatic rings. The zero-order valence-corrected chi connectivity index (χ0v) is 12.3. The Morgan fingerprint density at radius 3 is 2.58 bits per heavy atom. The van der Waals surface area contributed by atoms with Crippen LogP contribution in [-0.2, 0) is 16.6 Å². The maximum absolute atomic E-state index is 12.5. The molecule has 1 saturated heterocycles. The summed E-state index contributed by atoms with van der Waals surface area (Å²) in [5, 5.41) is 4.08. The summed E-state index contributed by atoms with van der Waals surface area (Å²) in [6, 6.07) is 0. The number of nitrogens with two attached hydrogens (primary N) is 1. The van der Waals surface area contributed by atoms with Gasteiger partial charge in [-0.1, -0.05) is 13.8 Å². The molecule has 0 amide bonds. The molecule has 0 aliphatic carbocycles. The molecule has 0 saturated carbocycles. The van der Waals surface area contributed by atoms with Gasteiger partial charge >= 0.3 is 0 Å². The molecule has 0 spiro atoms. The molecular formula is C12H22N4O2S. The first-order chi connectivity index (χ1) is 8.95. The molecule has 0 aromatic carbocycles. The number of aryl methyl sites for hydroxylation is 1. The van der Waals surface area contributed by atoms with Crippen molar-refractivity contribution in [3.63, 3.8) is 0 Å². The lowest BCUT2D eigenvalue weighted by molar-refractivity contribution is 0.463. The summed E-state index contributed by atoms with van der Waals surface area (Å²) in [4.78, 5) is 0.283. The van der Waals surface area contributed by atoms with Crippen molar-refractivity contribution >= 4 is 10.0 Å². The van der Waals surface area contributed by atoms with Crippen molar-refractivity contribution < 1.29 is 8.42 Å². The summed E-state index contributed by atoms with van der Waals surface area (Å²) in [6.45, 7) is 6.59. The first kappa shape index (κ1) is 14.5. The molecule has 108 valence electrons. The lowest BCUT2D eigenvalue weighted by atomic mass is 10.0. The molecule has 2 rings (SSSR count). The Kier molecular flexibility index (Phi) is 4.27. The van der Waals surface area contributed by atoms with Crippen molar-refractivity contribution in [3.05, 3.63) is 12.4 Å². The van der Waals surface area contributed by atoms with E-state index in [0.717, 1.165) is 6.42 Å². The molecule has 2 heterocycles. The minimum atomic E-state index is -3.39. The van der Waals surface area contributed by atoms with Gasteiger partial charge in [-0.05, 0) is 24.8 Å². The highest BCUT2D eigenvalue weighted by atomic mass is 32.2. The first-order valence-electron chi connectivity index (χ1n) is 6.68. The molecule has 19 heavy (non-hydrogen) atoms. The molecule has 1 aromatic rings. The smallest absolute Gasteiger partial charge is 0.246 e. The molecule has 1 aliphatic heterocycles. The molecule has 0 bridgehead atoms. The Labute approximate surface area is 114 Å². The van der Waals surface area contributed by atoms with Gasteiger partial charge in [0.1, 0.15) is 4.90 Å². The van der Waals surface area contributed by atoms with E-state index in [1.807, 2.05) is 0 Å². The zero-order valence-electron chi connectivity index (χ0n) is 11.5. The van der Waals surface area contributed by atoms with E-state index in [0.29, 0.717) is 38.0 Å². The summed E-state index contributed by atoms with van der Waals surface area (Å²) in [5.74, 6) is 0.809. The molecule has 0 radical (unpaired) electrons. The van der Waals surface area contributed by atoms with E-state index in [-0.39, 0.29) is 4.90 Å². The second-order valence-corrected chi connectivity index (χ2v) is 7.30. The molecule has 1 aromatic heterocycles. The molecular weight excluding hydrogens is 264 g/mol. The Hall–Kier alpha value is -0.920. The second-order valence-electron chi connectivity index (χ2n) is 5.36. The van der Waals surface area contributed by atoms with Crippen LogP contribution < -0.4 is 5.73 Å². The van der Waals surface area contributed by atoms with Gasteiger partial charge in [-0.15, -0.1) is 0 Å². The Morgan fingerprint density at radius 2 is 2.00 bits per heavy atom. The summed E-state index contributed by atoms with van der Waals surface area (Å²) in [5.41, 5.74) is 5.43. The monoisotopic (exact) mass is 286 g/mol. The fourth-order valence-corrected chi connectivity index (χ4v) is 3.87. The summed E-state index contributed by atoms with van der Waals surface area (Å²) in [6.07, 6.45) is 3.82. The van der Waals surface area contributed by atoms with Crippen molar-refractivity contribution in [2.75, 3.05) is 19.6 Å². The van der Waals surface area contributed by atoms with Crippen molar-refractivity contribution in [2.24, 2.45) is 17.6 Å². The third kappa shape index (κ3) is 2.98. The topological polar surface area (TPSA) is 81.2 Å². The number of sulfonamides is 1. The van der Waals surface area contributed by atoms with Gasteiger partial charge in [0.05, 0.1) is 6.20 Å². The average Bonchev–Trinajstić information content (AvgIpc) is 2.95. The van der Waals surface area contributed by atoms with Crippen LogP contribution in [0.1, 0.15) is 20.3 Å². The van der Waals surface area contributed by atoms with E-state index in [4.69, 9.17) is 5.73 Å². The molecule has 7 heteroatoms. The van der Waals surface area contributed by atoms with Gasteiger partial charge in [0.2, 0.25) is 10.0 Å². The van der Waals surface area contributed by atoms with Crippen molar-refractivity contribution in [3.8, 4) is 0 Å². The standard InChI is InChI=1S/C12H22N4O2S/c1-10-7-16(8-11(10)2)19(17,18)12-6-14-15(9-12)5-3-4-13/h6,9-11H,3-5,7-8,13H2,1-2H3. The summed E-state index contributed by atoms with van der Waals surface area (Å²) < 4.78 is 28.1. The maximum atomic E-state index is 12.5. The van der Waals surface area contributed by atoms with Crippen LogP contribution >= 0.6 is 0 Å². The minimum absolute atomic E-state index is 0.283. The van der Waals surface area contributed by atoms with Crippen LogP contribution in [0, 0.1) is 11.8 Å². The summed E-state index contributed by atoms with van der Waals surface area (Å²) >= 11 is 0. The van der Waals surface area contributed by atoms with E-state index >= 15 is 0 Å². The van der Waals surface area contributed by atoms with Crippen LogP contribution in [0.15, 0.2) is 17.3 Å². The van der Waals surface area contributed by atoms with E-state index in [9.17, 15) is 8.42 Å². The van der Waals surface area contributed by atoms with Crippen molar-refractivity contribution in [1.29, 1.82) is 0 Å². The fourth-order valence-electron chi connectivity index (χ4n) is 2.28. The Balaban J connectivity index is 2.14. The minimum Gasteiger partial charge on any atom is -0.330 e. The number of rotatable bonds is 5.